The Bertz CT molecular complexity index is 126. The molecule has 4 heteroatoms. The van der Waals surface area contributed by atoms with E-state index in [0.29, 0.717) is 6.26 Å². The Kier molecular flexibility index (Phi) is 4.53. The molecule has 0 bridgehead atoms. The molecule has 0 rings (SSSR count). The van der Waals surface area contributed by atoms with Gasteiger partial charge in [-0.05, 0) is 6.08 Å². The number of hydrogen-bond acceptors (Lipinski definition) is 4. The Morgan fingerprint density at radius 2 is 2.00 bits per heavy atom. The maximum atomic E-state index is 10.7. The van der Waals surface area contributed by atoms with Crippen molar-refractivity contribution in [1.29, 1.82) is 0 Å². The first-order valence-corrected chi connectivity index (χ1v) is 2.64. The minimum atomic E-state index is -0.954. The number of methoxy groups -OCH3 is 2. The number of rotatable bonds is 4. The van der Waals surface area contributed by atoms with Gasteiger partial charge in [0, 0.05) is 14.2 Å². The van der Waals surface area contributed by atoms with Crippen LogP contribution in [-0.2, 0) is 14.3 Å². The summed E-state index contributed by atoms with van der Waals surface area (Å²) in [6.45, 7) is 0. The molecule has 0 radical (unpaired) electrons. The quantitative estimate of drug-likeness (QED) is 0.290. The van der Waals surface area contributed by atoms with Crippen LogP contribution in [0, 0.1) is 0 Å². The van der Waals surface area contributed by atoms with E-state index >= 15 is 0 Å². The first kappa shape index (κ1) is 9.13. The van der Waals surface area contributed by atoms with Gasteiger partial charge >= 0.3 is 0 Å². The van der Waals surface area contributed by atoms with E-state index in [2.05, 4.69) is 9.47 Å². The molecule has 58 valence electrons. The van der Waals surface area contributed by atoms with Crippen molar-refractivity contribution < 1.29 is 19.4 Å². The first-order chi connectivity index (χ1) is 4.76. The summed E-state index contributed by atoms with van der Waals surface area (Å²) in [6.07, 6.45) is 0.301. The zero-order valence-electron chi connectivity index (χ0n) is 5.87. The van der Waals surface area contributed by atoms with Crippen molar-refractivity contribution in [3.05, 3.63) is 12.3 Å². The molecule has 0 saturated heterocycles. The Morgan fingerprint density at radius 3 is 2.30 bits per heavy atom. The number of ether oxygens (including phenoxy) is 2. The Hall–Kier alpha value is -0.870. The fourth-order valence-electron chi connectivity index (χ4n) is 0.474. The van der Waals surface area contributed by atoms with Crippen molar-refractivity contribution in [2.75, 3.05) is 14.2 Å². The van der Waals surface area contributed by atoms with Crippen LogP contribution in [0.25, 0.3) is 0 Å². The molecule has 0 aromatic carbocycles. The van der Waals surface area contributed by atoms with Gasteiger partial charge < -0.3 is 14.6 Å². The molecular weight excluding hydrogens is 136 g/mol. The fraction of sp³-hybridized carbons (Fsp3) is 0.500. The normalized spacial score (nSPS) is 11.1. The van der Waals surface area contributed by atoms with E-state index in [1.54, 1.807) is 0 Å². The van der Waals surface area contributed by atoms with Crippen molar-refractivity contribution in [2.24, 2.45) is 0 Å². The second-order valence-electron chi connectivity index (χ2n) is 1.51. The number of ketones is 1. The van der Waals surface area contributed by atoms with Crippen LogP contribution in [0.2, 0.25) is 0 Å². The fourth-order valence-corrected chi connectivity index (χ4v) is 0.474. The van der Waals surface area contributed by atoms with Gasteiger partial charge in [-0.1, -0.05) is 0 Å². The van der Waals surface area contributed by atoms with Gasteiger partial charge in [0.1, 0.15) is 0 Å². The molecule has 0 spiro atoms. The van der Waals surface area contributed by atoms with Crippen molar-refractivity contribution >= 4 is 5.78 Å². The van der Waals surface area contributed by atoms with E-state index in [1.807, 2.05) is 0 Å². The lowest BCUT2D eigenvalue weighted by Gasteiger charge is -2.08. The second-order valence-corrected chi connectivity index (χ2v) is 1.51. The van der Waals surface area contributed by atoms with Gasteiger partial charge in [0.05, 0.1) is 0 Å². The lowest BCUT2D eigenvalue weighted by molar-refractivity contribution is -0.275. The molecule has 0 aromatic rings. The highest BCUT2D eigenvalue weighted by atomic mass is 16.7. The zero-order chi connectivity index (χ0) is 7.98. The Morgan fingerprint density at radius 1 is 1.50 bits per heavy atom. The van der Waals surface area contributed by atoms with Gasteiger partial charge in [-0.2, -0.15) is 0 Å². The van der Waals surface area contributed by atoms with E-state index in [4.69, 9.17) is 0 Å². The van der Waals surface area contributed by atoms with Crippen LogP contribution in [0.15, 0.2) is 12.3 Å². The molecule has 0 unspecified atom stereocenters. The van der Waals surface area contributed by atoms with Crippen molar-refractivity contribution in [3.8, 4) is 0 Å². The van der Waals surface area contributed by atoms with Gasteiger partial charge in [-0.25, -0.2) is 0 Å². The third kappa shape index (κ3) is 2.61. The van der Waals surface area contributed by atoms with E-state index < -0.39 is 12.1 Å². The monoisotopic (exact) mass is 145 g/mol. The summed E-state index contributed by atoms with van der Waals surface area (Å²) < 4.78 is 9.10. The highest BCUT2D eigenvalue weighted by molar-refractivity contribution is 5.92. The van der Waals surface area contributed by atoms with E-state index in [-0.39, 0.29) is 0 Å². The SMILES string of the molecule is COC(OC)C(=O)/C=C/[O-]. The molecule has 4 nitrogen and oxygen atoms in total. The molecule has 0 heterocycles. The average Bonchev–Trinajstić information content (AvgIpc) is 1.91. The maximum Gasteiger partial charge on any atom is 0.221 e. The standard InChI is InChI=1S/C6H10O4/c1-9-6(10-2)5(8)3-4-7/h3-4,6-7H,1-2H3/p-1/b4-3+. The number of carbonyl (C=O) groups is 1. The lowest BCUT2D eigenvalue weighted by Crippen LogP contribution is -2.23. The van der Waals surface area contributed by atoms with Gasteiger partial charge in [-0.15, -0.1) is 6.26 Å². The van der Waals surface area contributed by atoms with Crippen LogP contribution >= 0.6 is 0 Å². The molecule has 0 amide bonds. The first-order valence-electron chi connectivity index (χ1n) is 2.64. The molecule has 0 aliphatic heterocycles. The second kappa shape index (κ2) is 4.96. The minimum Gasteiger partial charge on any atom is -0.878 e. The molecule has 0 N–H and O–H groups in total. The maximum absolute atomic E-state index is 10.7. The summed E-state index contributed by atoms with van der Waals surface area (Å²) in [4.78, 5) is 10.7. The molecule has 0 aromatic heterocycles. The Labute approximate surface area is 59.1 Å². The third-order valence-electron chi connectivity index (χ3n) is 0.893. The van der Waals surface area contributed by atoms with E-state index in [0.717, 1.165) is 6.08 Å². The molecule has 0 aliphatic carbocycles. The minimum absolute atomic E-state index is 0.396. The third-order valence-corrected chi connectivity index (χ3v) is 0.893. The van der Waals surface area contributed by atoms with Crippen LogP contribution in [0.3, 0.4) is 0 Å². The summed E-state index contributed by atoms with van der Waals surface area (Å²) in [6, 6.07) is 0. The summed E-state index contributed by atoms with van der Waals surface area (Å²) in [5.74, 6) is -0.486. The summed E-state index contributed by atoms with van der Waals surface area (Å²) in [7, 11) is 2.65. The highest BCUT2D eigenvalue weighted by Gasteiger charge is 2.11. The smallest absolute Gasteiger partial charge is 0.221 e. The lowest BCUT2D eigenvalue weighted by atomic mass is 10.4. The summed E-state index contributed by atoms with van der Waals surface area (Å²) in [5, 5.41) is 9.76. The zero-order valence-corrected chi connectivity index (χ0v) is 5.87. The van der Waals surface area contributed by atoms with Gasteiger partial charge in [0.2, 0.25) is 12.1 Å². The number of hydrogen-bond donors (Lipinski definition) is 0. The average molecular weight is 145 g/mol. The Balaban J connectivity index is 3.89. The van der Waals surface area contributed by atoms with Crippen LogP contribution in [0.4, 0.5) is 0 Å². The van der Waals surface area contributed by atoms with Crippen molar-refractivity contribution in [1.82, 2.24) is 0 Å². The largest absolute Gasteiger partial charge is 0.878 e. The topological polar surface area (TPSA) is 58.6 Å². The van der Waals surface area contributed by atoms with Crippen LogP contribution < -0.4 is 5.11 Å². The highest BCUT2D eigenvalue weighted by Crippen LogP contribution is 1.92. The molecule has 0 saturated carbocycles. The summed E-state index contributed by atoms with van der Waals surface area (Å²) in [5.41, 5.74) is 0. The van der Waals surface area contributed by atoms with Crippen LogP contribution in [-0.4, -0.2) is 26.3 Å². The molecular formula is C6H9O4-. The predicted molar refractivity (Wildman–Crippen MR) is 32.0 cm³/mol. The van der Waals surface area contributed by atoms with Gasteiger partial charge in [0.25, 0.3) is 0 Å². The van der Waals surface area contributed by atoms with Crippen LogP contribution in [0.1, 0.15) is 0 Å². The van der Waals surface area contributed by atoms with Crippen molar-refractivity contribution in [2.45, 2.75) is 6.29 Å². The van der Waals surface area contributed by atoms with Crippen molar-refractivity contribution in [3.63, 3.8) is 0 Å². The van der Waals surface area contributed by atoms with E-state index in [9.17, 15) is 9.90 Å². The molecule has 0 fully saturated rings. The molecule has 10 heavy (non-hydrogen) atoms. The van der Waals surface area contributed by atoms with Gasteiger partial charge in [0.15, 0.2) is 0 Å². The molecule has 0 atom stereocenters. The van der Waals surface area contributed by atoms with Gasteiger partial charge in [-0.3, -0.25) is 4.79 Å². The summed E-state index contributed by atoms with van der Waals surface area (Å²) >= 11 is 0. The molecule has 0 aliphatic rings. The van der Waals surface area contributed by atoms with Crippen LogP contribution in [0.5, 0.6) is 0 Å². The van der Waals surface area contributed by atoms with E-state index in [1.165, 1.54) is 14.2 Å². The number of carbonyl (C=O) groups excluding carboxylic acids is 1. The predicted octanol–water partition coefficient (Wildman–Crippen LogP) is -0.952.